The quantitative estimate of drug-likeness (QED) is 0.739. The summed E-state index contributed by atoms with van der Waals surface area (Å²) in [6, 6.07) is 1.55. The third-order valence-corrected chi connectivity index (χ3v) is 2.21. The summed E-state index contributed by atoms with van der Waals surface area (Å²) >= 11 is 0. The summed E-state index contributed by atoms with van der Waals surface area (Å²) in [5, 5.41) is 0. The number of primary amides is 1. The van der Waals surface area contributed by atoms with Crippen LogP contribution in [0.25, 0.3) is 11.0 Å². The van der Waals surface area contributed by atoms with Crippen LogP contribution in [0.1, 0.15) is 21.9 Å². The van der Waals surface area contributed by atoms with Gasteiger partial charge < -0.3 is 5.73 Å². The molecule has 0 bridgehead atoms. The fourth-order valence-corrected chi connectivity index (χ4v) is 1.27. The molecule has 0 aromatic carbocycles. The van der Waals surface area contributed by atoms with Crippen molar-refractivity contribution < 1.29 is 4.79 Å². The molecule has 76 valence electrons. The number of amides is 1. The molecule has 1 amide bonds. The number of carbonyl (C=O) groups is 1. The van der Waals surface area contributed by atoms with E-state index in [0.717, 1.165) is 11.4 Å². The Bertz CT molecular complexity index is 550. The van der Waals surface area contributed by atoms with Crippen LogP contribution >= 0.6 is 0 Å². The lowest BCUT2D eigenvalue weighted by Crippen LogP contribution is -2.13. The molecule has 5 nitrogen and oxygen atoms in total. The zero-order valence-corrected chi connectivity index (χ0v) is 8.48. The second-order valence-corrected chi connectivity index (χ2v) is 3.32. The van der Waals surface area contributed by atoms with Crippen molar-refractivity contribution in [3.05, 3.63) is 29.3 Å². The average Bonchev–Trinajstić information content (AvgIpc) is 2.19. The lowest BCUT2D eigenvalue weighted by molar-refractivity contribution is 0.0996. The maximum absolute atomic E-state index is 10.9. The Labute approximate surface area is 86.4 Å². The Hall–Kier alpha value is -2.04. The number of nitrogens with zero attached hydrogens (tertiary/aromatic N) is 3. The van der Waals surface area contributed by atoms with Crippen LogP contribution in [0.3, 0.4) is 0 Å². The van der Waals surface area contributed by atoms with Crippen molar-refractivity contribution in [1.29, 1.82) is 0 Å². The van der Waals surface area contributed by atoms with Crippen molar-refractivity contribution in [2.75, 3.05) is 0 Å². The molecule has 2 rings (SSSR count). The molecule has 2 aromatic rings. The lowest BCUT2D eigenvalue weighted by atomic mass is 10.2. The van der Waals surface area contributed by atoms with E-state index in [-0.39, 0.29) is 5.69 Å². The lowest BCUT2D eigenvalue weighted by Gasteiger charge is -2.02. The Morgan fingerprint density at radius 2 is 1.80 bits per heavy atom. The van der Waals surface area contributed by atoms with Crippen LogP contribution in [-0.4, -0.2) is 20.9 Å². The fraction of sp³-hybridized carbons (Fsp3) is 0.200. The van der Waals surface area contributed by atoms with Gasteiger partial charge in [-0.15, -0.1) is 0 Å². The smallest absolute Gasteiger partial charge is 0.267 e. The van der Waals surface area contributed by atoms with E-state index in [1.54, 1.807) is 6.07 Å². The molecule has 15 heavy (non-hydrogen) atoms. The first-order valence-electron chi connectivity index (χ1n) is 4.49. The molecule has 0 atom stereocenters. The monoisotopic (exact) mass is 202 g/mol. The van der Waals surface area contributed by atoms with Crippen LogP contribution < -0.4 is 5.73 Å². The van der Waals surface area contributed by atoms with Gasteiger partial charge >= 0.3 is 0 Å². The minimum Gasteiger partial charge on any atom is -0.364 e. The first-order chi connectivity index (χ1) is 7.08. The number of nitrogens with two attached hydrogens (primary N) is 1. The van der Waals surface area contributed by atoms with E-state index in [1.807, 2.05) is 13.8 Å². The normalized spacial score (nSPS) is 10.5. The highest BCUT2D eigenvalue weighted by Gasteiger charge is 2.06. The number of aromatic nitrogens is 3. The largest absolute Gasteiger partial charge is 0.364 e. The van der Waals surface area contributed by atoms with Crippen molar-refractivity contribution >= 4 is 16.9 Å². The second kappa shape index (κ2) is 3.27. The highest BCUT2D eigenvalue weighted by atomic mass is 16.1. The number of pyridine rings is 1. The first kappa shape index (κ1) is 9.51. The molecule has 0 spiro atoms. The summed E-state index contributed by atoms with van der Waals surface area (Å²) < 4.78 is 0. The van der Waals surface area contributed by atoms with Gasteiger partial charge in [0.15, 0.2) is 0 Å². The summed E-state index contributed by atoms with van der Waals surface area (Å²) in [4.78, 5) is 23.4. The summed E-state index contributed by atoms with van der Waals surface area (Å²) in [6.07, 6.45) is 1.51. The zero-order valence-electron chi connectivity index (χ0n) is 8.48. The number of rotatable bonds is 1. The van der Waals surface area contributed by atoms with Gasteiger partial charge in [0.05, 0.1) is 23.1 Å². The van der Waals surface area contributed by atoms with E-state index in [9.17, 15) is 4.79 Å². The molecule has 2 aromatic heterocycles. The molecule has 0 fully saturated rings. The molecule has 2 heterocycles. The van der Waals surface area contributed by atoms with Crippen LogP contribution in [-0.2, 0) is 0 Å². The van der Waals surface area contributed by atoms with Crippen LogP contribution in [0.15, 0.2) is 12.3 Å². The molecular weight excluding hydrogens is 192 g/mol. The van der Waals surface area contributed by atoms with Crippen molar-refractivity contribution in [3.8, 4) is 0 Å². The fourth-order valence-electron chi connectivity index (χ4n) is 1.27. The minimum atomic E-state index is -0.558. The van der Waals surface area contributed by atoms with Gasteiger partial charge in [-0.05, 0) is 19.9 Å². The number of fused-ring (bicyclic) bond motifs is 1. The Balaban J connectivity index is 2.72. The molecule has 5 heteroatoms. The summed E-state index contributed by atoms with van der Waals surface area (Å²) in [5.74, 6) is -0.558. The van der Waals surface area contributed by atoms with Gasteiger partial charge in [0.2, 0.25) is 0 Å². The van der Waals surface area contributed by atoms with Gasteiger partial charge in [0, 0.05) is 0 Å². The standard InChI is InChI=1S/C10H10N4O/c1-5-6(2)14-9-4-12-8(10(11)15)3-7(9)13-5/h3-4H,1-2H3,(H2,11,15). The molecule has 0 unspecified atom stereocenters. The summed E-state index contributed by atoms with van der Waals surface area (Å²) in [7, 11) is 0. The number of hydrogen-bond acceptors (Lipinski definition) is 4. The van der Waals surface area contributed by atoms with Gasteiger partial charge in [0.1, 0.15) is 11.2 Å². The Morgan fingerprint density at radius 3 is 2.40 bits per heavy atom. The first-order valence-corrected chi connectivity index (χ1v) is 4.49. The molecule has 0 saturated heterocycles. The van der Waals surface area contributed by atoms with Crippen molar-refractivity contribution in [2.45, 2.75) is 13.8 Å². The predicted octanol–water partition coefficient (Wildman–Crippen LogP) is 0.741. The van der Waals surface area contributed by atoms with Gasteiger partial charge in [-0.1, -0.05) is 0 Å². The van der Waals surface area contributed by atoms with E-state index in [4.69, 9.17) is 5.73 Å². The van der Waals surface area contributed by atoms with Gasteiger partial charge in [-0.2, -0.15) is 0 Å². The predicted molar refractivity (Wildman–Crippen MR) is 55.3 cm³/mol. The molecule has 0 aliphatic rings. The Morgan fingerprint density at radius 1 is 1.20 bits per heavy atom. The van der Waals surface area contributed by atoms with Crippen LogP contribution in [0, 0.1) is 13.8 Å². The van der Waals surface area contributed by atoms with Crippen molar-refractivity contribution in [1.82, 2.24) is 15.0 Å². The topological polar surface area (TPSA) is 81.8 Å². The zero-order chi connectivity index (χ0) is 11.0. The molecular formula is C10H10N4O. The van der Waals surface area contributed by atoms with E-state index in [2.05, 4.69) is 15.0 Å². The summed E-state index contributed by atoms with van der Waals surface area (Å²) in [5.41, 5.74) is 8.34. The van der Waals surface area contributed by atoms with E-state index >= 15 is 0 Å². The van der Waals surface area contributed by atoms with Crippen LogP contribution in [0.4, 0.5) is 0 Å². The van der Waals surface area contributed by atoms with Crippen molar-refractivity contribution in [3.63, 3.8) is 0 Å². The van der Waals surface area contributed by atoms with E-state index in [1.165, 1.54) is 6.20 Å². The number of aryl methyl sites for hydroxylation is 2. The Kier molecular flexibility index (Phi) is 2.07. The second-order valence-electron chi connectivity index (χ2n) is 3.32. The van der Waals surface area contributed by atoms with Gasteiger partial charge in [-0.3, -0.25) is 4.79 Å². The van der Waals surface area contributed by atoms with Gasteiger partial charge in [0.25, 0.3) is 5.91 Å². The summed E-state index contributed by atoms with van der Waals surface area (Å²) in [6.45, 7) is 3.75. The van der Waals surface area contributed by atoms with E-state index < -0.39 is 5.91 Å². The minimum absolute atomic E-state index is 0.208. The molecule has 0 radical (unpaired) electrons. The SMILES string of the molecule is Cc1nc2cnc(C(N)=O)cc2nc1C. The molecule has 2 N–H and O–H groups in total. The highest BCUT2D eigenvalue weighted by molar-refractivity contribution is 5.93. The van der Waals surface area contributed by atoms with Gasteiger partial charge in [-0.25, -0.2) is 15.0 Å². The molecule has 0 saturated carbocycles. The molecule has 0 aliphatic heterocycles. The third kappa shape index (κ3) is 1.63. The maximum atomic E-state index is 10.9. The highest BCUT2D eigenvalue weighted by Crippen LogP contribution is 2.11. The third-order valence-electron chi connectivity index (χ3n) is 2.21. The molecule has 0 aliphatic carbocycles. The maximum Gasteiger partial charge on any atom is 0.267 e. The van der Waals surface area contributed by atoms with E-state index in [0.29, 0.717) is 11.0 Å². The number of carbonyl (C=O) groups excluding carboxylic acids is 1. The van der Waals surface area contributed by atoms with Crippen molar-refractivity contribution in [2.24, 2.45) is 5.73 Å². The number of hydrogen-bond donors (Lipinski definition) is 1. The van der Waals surface area contributed by atoms with Crippen LogP contribution in [0.5, 0.6) is 0 Å². The average molecular weight is 202 g/mol. The van der Waals surface area contributed by atoms with Crippen LogP contribution in [0.2, 0.25) is 0 Å².